The second-order valence-electron chi connectivity index (χ2n) is 6.64. The van der Waals surface area contributed by atoms with Gasteiger partial charge >= 0.3 is 0 Å². The molecule has 26 heavy (non-hydrogen) atoms. The van der Waals surface area contributed by atoms with Crippen molar-refractivity contribution in [2.75, 3.05) is 0 Å². The predicted octanol–water partition coefficient (Wildman–Crippen LogP) is 3.30. The molecule has 1 aliphatic carbocycles. The van der Waals surface area contributed by atoms with Crippen molar-refractivity contribution in [3.63, 3.8) is 0 Å². The Morgan fingerprint density at radius 1 is 1.00 bits per heavy atom. The summed E-state index contributed by atoms with van der Waals surface area (Å²) in [4.78, 5) is 37.6. The minimum absolute atomic E-state index is 0.231. The maximum atomic E-state index is 13.0. The molecular formula is C22H21NO3. The molecule has 0 aromatic heterocycles. The van der Waals surface area contributed by atoms with Gasteiger partial charge < -0.3 is 5.32 Å². The van der Waals surface area contributed by atoms with E-state index in [0.717, 1.165) is 5.56 Å². The summed E-state index contributed by atoms with van der Waals surface area (Å²) in [6, 6.07) is 17.6. The van der Waals surface area contributed by atoms with Crippen LogP contribution in [0.5, 0.6) is 0 Å². The first kappa shape index (κ1) is 17.8. The third kappa shape index (κ3) is 3.49. The van der Waals surface area contributed by atoms with Crippen LogP contribution in [0.2, 0.25) is 0 Å². The molecule has 2 aromatic carbocycles. The molecular weight excluding hydrogens is 326 g/mol. The molecule has 1 fully saturated rings. The molecule has 0 bridgehead atoms. The average molecular weight is 347 g/mol. The fourth-order valence-electron chi connectivity index (χ4n) is 3.58. The van der Waals surface area contributed by atoms with E-state index in [9.17, 15) is 14.4 Å². The van der Waals surface area contributed by atoms with Crippen LogP contribution in [0.3, 0.4) is 0 Å². The molecule has 2 aromatic rings. The van der Waals surface area contributed by atoms with E-state index in [0.29, 0.717) is 17.6 Å². The zero-order chi connectivity index (χ0) is 18.7. The Hall–Kier alpha value is -3.01. The van der Waals surface area contributed by atoms with Crippen LogP contribution in [-0.4, -0.2) is 23.5 Å². The molecule has 1 amide bonds. The summed E-state index contributed by atoms with van der Waals surface area (Å²) in [5, 5.41) is 2.86. The summed E-state index contributed by atoms with van der Waals surface area (Å²) in [5.41, 5.74) is 2.04. The lowest BCUT2D eigenvalue weighted by atomic mass is 9.70. The second kappa shape index (κ2) is 7.48. The third-order valence-electron chi connectivity index (χ3n) is 4.84. The van der Waals surface area contributed by atoms with Crippen LogP contribution in [-0.2, 0) is 9.59 Å². The average Bonchev–Trinajstić information content (AvgIpc) is 2.65. The van der Waals surface area contributed by atoms with E-state index in [1.807, 2.05) is 36.4 Å². The zero-order valence-electron chi connectivity index (χ0n) is 14.6. The highest BCUT2D eigenvalue weighted by atomic mass is 16.2. The van der Waals surface area contributed by atoms with Crippen molar-refractivity contribution < 1.29 is 14.4 Å². The minimum Gasteiger partial charge on any atom is -0.342 e. The maximum Gasteiger partial charge on any atom is 0.251 e. The highest BCUT2D eigenvalue weighted by Gasteiger charge is 2.43. The largest absolute Gasteiger partial charge is 0.342 e. The first-order chi connectivity index (χ1) is 12.5. The monoisotopic (exact) mass is 347 g/mol. The van der Waals surface area contributed by atoms with Gasteiger partial charge in [0.25, 0.3) is 5.91 Å². The molecule has 1 N–H and O–H groups in total. The molecule has 1 unspecified atom stereocenters. The molecule has 1 aliphatic rings. The van der Waals surface area contributed by atoms with Crippen LogP contribution in [0.25, 0.3) is 0 Å². The fraction of sp³-hybridized carbons (Fsp3) is 0.227. The van der Waals surface area contributed by atoms with Gasteiger partial charge in [0.05, 0.1) is 12.0 Å². The Morgan fingerprint density at radius 3 is 2.15 bits per heavy atom. The van der Waals surface area contributed by atoms with Gasteiger partial charge in [-0.2, -0.15) is 0 Å². The third-order valence-corrected chi connectivity index (χ3v) is 4.84. The second-order valence-corrected chi connectivity index (χ2v) is 6.64. The number of benzene rings is 2. The molecule has 1 saturated carbocycles. The number of Topliss-reactive ketones (excluding diaryl/α,β-unsaturated/α-hetero) is 2. The Morgan fingerprint density at radius 2 is 1.58 bits per heavy atom. The predicted molar refractivity (Wildman–Crippen MR) is 99.8 cm³/mol. The molecule has 0 heterocycles. The summed E-state index contributed by atoms with van der Waals surface area (Å²) in [5.74, 6) is -1.92. The standard InChI is InChI=1S/C22H21NO3/c1-14-13-18(16-9-5-3-6-10-16)20(21(25)19(14)15(2)24)23-22(26)17-11-7-4-8-12-17/h3-12,18-20H,1,13H2,2H3,(H,23,26)/t18-,19?,20-/m0/s1. The summed E-state index contributed by atoms with van der Waals surface area (Å²) in [6.45, 7) is 5.36. The smallest absolute Gasteiger partial charge is 0.251 e. The van der Waals surface area contributed by atoms with E-state index < -0.39 is 12.0 Å². The van der Waals surface area contributed by atoms with Gasteiger partial charge in [-0.1, -0.05) is 60.7 Å². The van der Waals surface area contributed by atoms with Gasteiger partial charge in [-0.05, 0) is 31.0 Å². The molecule has 0 aliphatic heterocycles. The number of carbonyl (C=O) groups is 3. The van der Waals surface area contributed by atoms with Crippen molar-refractivity contribution >= 4 is 17.5 Å². The van der Waals surface area contributed by atoms with Crippen molar-refractivity contribution in [2.24, 2.45) is 5.92 Å². The van der Waals surface area contributed by atoms with Crippen LogP contribution in [0.1, 0.15) is 35.2 Å². The number of rotatable bonds is 4. The minimum atomic E-state index is -0.851. The van der Waals surface area contributed by atoms with Crippen molar-refractivity contribution in [1.29, 1.82) is 0 Å². The highest BCUT2D eigenvalue weighted by Crippen LogP contribution is 2.37. The molecule has 3 rings (SSSR count). The lowest BCUT2D eigenvalue weighted by Gasteiger charge is -2.36. The highest BCUT2D eigenvalue weighted by molar-refractivity contribution is 6.09. The van der Waals surface area contributed by atoms with Gasteiger partial charge in [0, 0.05) is 11.5 Å². The Bertz CT molecular complexity index is 842. The first-order valence-corrected chi connectivity index (χ1v) is 8.61. The normalized spacial score (nSPS) is 22.7. The Balaban J connectivity index is 1.95. The lowest BCUT2D eigenvalue weighted by Crippen LogP contribution is -2.52. The van der Waals surface area contributed by atoms with Gasteiger partial charge in [-0.3, -0.25) is 14.4 Å². The Kier molecular flexibility index (Phi) is 5.12. The van der Waals surface area contributed by atoms with Gasteiger partial charge in [0.15, 0.2) is 5.78 Å². The number of hydrogen-bond acceptors (Lipinski definition) is 3. The number of ketones is 2. The van der Waals surface area contributed by atoms with Crippen molar-refractivity contribution in [3.8, 4) is 0 Å². The molecule has 0 spiro atoms. The van der Waals surface area contributed by atoms with E-state index in [1.54, 1.807) is 24.3 Å². The van der Waals surface area contributed by atoms with Gasteiger partial charge in [0.1, 0.15) is 5.78 Å². The Labute approximate surface area is 152 Å². The van der Waals surface area contributed by atoms with Crippen molar-refractivity contribution in [2.45, 2.75) is 25.3 Å². The first-order valence-electron chi connectivity index (χ1n) is 8.61. The molecule has 0 radical (unpaired) electrons. The summed E-state index contributed by atoms with van der Waals surface area (Å²) in [6.07, 6.45) is 0.486. The van der Waals surface area contributed by atoms with Gasteiger partial charge in [-0.25, -0.2) is 0 Å². The number of allylic oxidation sites excluding steroid dienone is 1. The number of amides is 1. The van der Waals surface area contributed by atoms with Crippen LogP contribution >= 0.6 is 0 Å². The van der Waals surface area contributed by atoms with Gasteiger partial charge in [0.2, 0.25) is 0 Å². The summed E-state index contributed by atoms with van der Waals surface area (Å²) >= 11 is 0. The molecule has 3 atom stereocenters. The maximum absolute atomic E-state index is 13.0. The van der Waals surface area contributed by atoms with Crippen LogP contribution in [0, 0.1) is 5.92 Å². The lowest BCUT2D eigenvalue weighted by molar-refractivity contribution is -0.132. The van der Waals surface area contributed by atoms with E-state index in [2.05, 4.69) is 11.9 Å². The molecule has 4 heteroatoms. The van der Waals surface area contributed by atoms with Crippen LogP contribution in [0.15, 0.2) is 72.8 Å². The van der Waals surface area contributed by atoms with Gasteiger partial charge in [-0.15, -0.1) is 0 Å². The quantitative estimate of drug-likeness (QED) is 0.682. The number of hydrogen-bond donors (Lipinski definition) is 1. The molecule has 4 nitrogen and oxygen atoms in total. The van der Waals surface area contributed by atoms with Crippen LogP contribution < -0.4 is 5.32 Å². The summed E-state index contributed by atoms with van der Waals surface area (Å²) < 4.78 is 0. The SMILES string of the molecule is C=C1C[C@@H](c2ccccc2)[C@H](NC(=O)c2ccccc2)C(=O)C1C(C)=O. The number of carbonyl (C=O) groups excluding carboxylic acids is 3. The van der Waals surface area contributed by atoms with E-state index in [-0.39, 0.29) is 23.4 Å². The van der Waals surface area contributed by atoms with E-state index in [4.69, 9.17) is 0 Å². The van der Waals surface area contributed by atoms with Crippen molar-refractivity contribution in [3.05, 3.63) is 83.9 Å². The fourth-order valence-corrected chi connectivity index (χ4v) is 3.58. The van der Waals surface area contributed by atoms with E-state index in [1.165, 1.54) is 6.92 Å². The topological polar surface area (TPSA) is 63.2 Å². The molecule has 132 valence electrons. The molecule has 0 saturated heterocycles. The number of nitrogens with one attached hydrogen (secondary N) is 1. The zero-order valence-corrected chi connectivity index (χ0v) is 14.6. The van der Waals surface area contributed by atoms with Crippen LogP contribution in [0.4, 0.5) is 0 Å². The van der Waals surface area contributed by atoms with Crippen molar-refractivity contribution in [1.82, 2.24) is 5.32 Å². The summed E-state index contributed by atoms with van der Waals surface area (Å²) in [7, 11) is 0. The van der Waals surface area contributed by atoms with E-state index >= 15 is 0 Å².